The number of rotatable bonds is 3. The summed E-state index contributed by atoms with van der Waals surface area (Å²) in [6.07, 6.45) is 4.90. The van der Waals surface area contributed by atoms with Gasteiger partial charge in [-0.15, -0.1) is 0 Å². The van der Waals surface area contributed by atoms with Crippen molar-refractivity contribution in [3.63, 3.8) is 0 Å². The minimum Gasteiger partial charge on any atom is -0.355 e. The number of fused-ring (bicyclic) bond motifs is 1. The molecule has 1 N–H and O–H groups in total. The molecule has 2 aromatic heterocycles. The highest BCUT2D eigenvalue weighted by Crippen LogP contribution is 2.19. The molecule has 14 heavy (non-hydrogen) atoms. The second kappa shape index (κ2) is 3.96. The van der Waals surface area contributed by atoms with Crippen LogP contribution >= 0.6 is 11.6 Å². The van der Waals surface area contributed by atoms with Crippen LogP contribution in [0.1, 0.15) is 25.5 Å². The lowest BCUT2D eigenvalue weighted by molar-refractivity contribution is 0.782. The van der Waals surface area contributed by atoms with Crippen LogP contribution in [0.15, 0.2) is 12.4 Å². The van der Waals surface area contributed by atoms with Gasteiger partial charge in [-0.2, -0.15) is 0 Å². The molecule has 0 atom stereocenters. The number of nitrogens with one attached hydrogen (secondary N) is 1. The first-order valence-electron chi connectivity index (χ1n) is 4.79. The van der Waals surface area contributed by atoms with Crippen molar-refractivity contribution in [3.8, 4) is 0 Å². The predicted octanol–water partition coefficient (Wildman–Crippen LogP) is 2.95. The lowest BCUT2D eigenvalue weighted by atomic mass is 10.2. The minimum absolute atomic E-state index is 0.498. The van der Waals surface area contributed by atoms with Gasteiger partial charge in [0, 0.05) is 5.69 Å². The van der Waals surface area contributed by atoms with Crippen LogP contribution in [0, 0.1) is 0 Å². The Morgan fingerprint density at radius 1 is 1.43 bits per heavy atom. The summed E-state index contributed by atoms with van der Waals surface area (Å²) in [4.78, 5) is 11.3. The smallest absolute Gasteiger partial charge is 0.156 e. The lowest BCUT2D eigenvalue weighted by Gasteiger charge is -1.93. The Hall–Kier alpha value is -1.09. The molecule has 0 aliphatic heterocycles. The molecule has 74 valence electrons. The van der Waals surface area contributed by atoms with E-state index in [9.17, 15) is 0 Å². The van der Waals surface area contributed by atoms with Gasteiger partial charge < -0.3 is 4.98 Å². The van der Waals surface area contributed by atoms with E-state index in [1.807, 2.05) is 6.07 Å². The molecule has 2 rings (SSSR count). The van der Waals surface area contributed by atoms with Crippen molar-refractivity contribution in [1.82, 2.24) is 15.0 Å². The number of hydrogen-bond donors (Lipinski definition) is 1. The third kappa shape index (κ3) is 1.73. The van der Waals surface area contributed by atoms with E-state index in [0.717, 1.165) is 17.5 Å². The Morgan fingerprint density at radius 2 is 2.29 bits per heavy atom. The van der Waals surface area contributed by atoms with Gasteiger partial charge in [0.05, 0.1) is 5.52 Å². The molecule has 0 saturated heterocycles. The van der Waals surface area contributed by atoms with E-state index < -0.39 is 0 Å². The zero-order valence-corrected chi connectivity index (χ0v) is 8.80. The second-order valence-electron chi connectivity index (χ2n) is 3.32. The summed E-state index contributed by atoms with van der Waals surface area (Å²) in [5.74, 6) is 0. The maximum atomic E-state index is 5.92. The van der Waals surface area contributed by atoms with Gasteiger partial charge in [-0.3, -0.25) is 0 Å². The average molecular weight is 210 g/mol. The van der Waals surface area contributed by atoms with Crippen LogP contribution in [-0.4, -0.2) is 15.0 Å². The maximum Gasteiger partial charge on any atom is 0.156 e. The Kier molecular flexibility index (Phi) is 2.68. The first-order chi connectivity index (χ1) is 6.81. The van der Waals surface area contributed by atoms with Gasteiger partial charge in [0.25, 0.3) is 0 Å². The Bertz CT molecular complexity index is 436. The predicted molar refractivity (Wildman–Crippen MR) is 57.5 cm³/mol. The molecule has 0 aliphatic rings. The number of H-pyrrole nitrogens is 1. The molecule has 0 unspecified atom stereocenters. The van der Waals surface area contributed by atoms with E-state index in [1.54, 1.807) is 0 Å². The highest BCUT2D eigenvalue weighted by atomic mass is 35.5. The van der Waals surface area contributed by atoms with Gasteiger partial charge in [0.15, 0.2) is 5.15 Å². The van der Waals surface area contributed by atoms with Gasteiger partial charge in [-0.25, -0.2) is 9.97 Å². The summed E-state index contributed by atoms with van der Waals surface area (Å²) >= 11 is 5.92. The summed E-state index contributed by atoms with van der Waals surface area (Å²) in [6.45, 7) is 2.18. The molecule has 0 spiro atoms. The van der Waals surface area contributed by atoms with Crippen LogP contribution in [0.3, 0.4) is 0 Å². The number of hydrogen-bond acceptors (Lipinski definition) is 2. The first-order valence-corrected chi connectivity index (χ1v) is 5.17. The molecular weight excluding hydrogens is 198 g/mol. The molecule has 2 heterocycles. The highest BCUT2D eigenvalue weighted by molar-refractivity contribution is 6.33. The van der Waals surface area contributed by atoms with Gasteiger partial charge in [-0.1, -0.05) is 24.9 Å². The third-order valence-electron chi connectivity index (χ3n) is 2.23. The third-order valence-corrected chi connectivity index (χ3v) is 2.51. The fourth-order valence-electron chi connectivity index (χ4n) is 1.47. The summed E-state index contributed by atoms with van der Waals surface area (Å²) in [5, 5.41) is 0.498. The van der Waals surface area contributed by atoms with Gasteiger partial charge in [0.1, 0.15) is 11.8 Å². The van der Waals surface area contributed by atoms with Crippen LogP contribution in [-0.2, 0) is 6.42 Å². The fraction of sp³-hybridized carbons (Fsp3) is 0.400. The number of aromatic nitrogens is 3. The second-order valence-corrected chi connectivity index (χ2v) is 3.68. The lowest BCUT2D eigenvalue weighted by Crippen LogP contribution is -1.83. The summed E-state index contributed by atoms with van der Waals surface area (Å²) < 4.78 is 0. The largest absolute Gasteiger partial charge is 0.355 e. The Labute approximate surface area is 87.5 Å². The van der Waals surface area contributed by atoms with Crippen molar-refractivity contribution in [3.05, 3.63) is 23.2 Å². The quantitative estimate of drug-likeness (QED) is 0.790. The molecule has 0 amide bonds. The van der Waals surface area contributed by atoms with Crippen molar-refractivity contribution in [2.75, 3.05) is 0 Å². The van der Waals surface area contributed by atoms with E-state index in [1.165, 1.54) is 24.9 Å². The average Bonchev–Trinajstić information content (AvgIpc) is 2.59. The molecule has 0 bridgehead atoms. The molecule has 0 aromatic carbocycles. The van der Waals surface area contributed by atoms with Crippen molar-refractivity contribution >= 4 is 22.6 Å². The van der Waals surface area contributed by atoms with Crippen LogP contribution in [0.25, 0.3) is 11.0 Å². The van der Waals surface area contributed by atoms with E-state index in [-0.39, 0.29) is 0 Å². The summed E-state index contributed by atoms with van der Waals surface area (Å²) in [5.41, 5.74) is 2.93. The van der Waals surface area contributed by atoms with Crippen molar-refractivity contribution in [2.45, 2.75) is 26.2 Å². The van der Waals surface area contributed by atoms with E-state index in [0.29, 0.717) is 5.15 Å². The number of nitrogens with zero attached hydrogens (tertiary/aromatic N) is 2. The molecule has 2 aromatic rings. The van der Waals surface area contributed by atoms with Crippen LogP contribution < -0.4 is 0 Å². The normalized spacial score (nSPS) is 11.0. The number of aryl methyl sites for hydroxylation is 1. The monoisotopic (exact) mass is 209 g/mol. The van der Waals surface area contributed by atoms with Crippen molar-refractivity contribution in [1.29, 1.82) is 0 Å². The highest BCUT2D eigenvalue weighted by Gasteiger charge is 2.05. The summed E-state index contributed by atoms with van der Waals surface area (Å²) in [7, 11) is 0. The number of aromatic amines is 1. The Balaban J connectivity index is 2.36. The SMILES string of the molecule is CCCCc1cc2ncnc(Cl)c2[nH]1. The van der Waals surface area contributed by atoms with Crippen molar-refractivity contribution in [2.24, 2.45) is 0 Å². The van der Waals surface area contributed by atoms with E-state index >= 15 is 0 Å². The molecular formula is C10H12ClN3. The van der Waals surface area contributed by atoms with Crippen LogP contribution in [0.5, 0.6) is 0 Å². The zero-order chi connectivity index (χ0) is 9.97. The number of unbranched alkanes of at least 4 members (excludes halogenated alkanes) is 1. The Morgan fingerprint density at radius 3 is 3.00 bits per heavy atom. The van der Waals surface area contributed by atoms with Crippen LogP contribution in [0.4, 0.5) is 0 Å². The van der Waals surface area contributed by atoms with Gasteiger partial charge in [-0.05, 0) is 18.9 Å². The van der Waals surface area contributed by atoms with Gasteiger partial charge in [0.2, 0.25) is 0 Å². The summed E-state index contributed by atoms with van der Waals surface area (Å²) in [6, 6.07) is 2.04. The molecule has 0 aliphatic carbocycles. The van der Waals surface area contributed by atoms with Gasteiger partial charge >= 0.3 is 0 Å². The molecule has 0 radical (unpaired) electrons. The van der Waals surface area contributed by atoms with Crippen molar-refractivity contribution < 1.29 is 0 Å². The first kappa shape index (κ1) is 9.46. The maximum absolute atomic E-state index is 5.92. The van der Waals surface area contributed by atoms with E-state index in [2.05, 4.69) is 21.9 Å². The molecule has 3 nitrogen and oxygen atoms in total. The number of halogens is 1. The topological polar surface area (TPSA) is 41.6 Å². The van der Waals surface area contributed by atoms with Crippen LogP contribution in [0.2, 0.25) is 5.15 Å². The fourth-order valence-corrected chi connectivity index (χ4v) is 1.65. The minimum atomic E-state index is 0.498. The van der Waals surface area contributed by atoms with E-state index in [4.69, 9.17) is 11.6 Å². The standard InChI is InChI=1S/C10H12ClN3/c1-2-3-4-7-5-8-9(14-7)10(11)13-6-12-8/h5-6,14H,2-4H2,1H3. The zero-order valence-electron chi connectivity index (χ0n) is 8.05. The molecule has 4 heteroatoms. The molecule has 0 fully saturated rings. The molecule has 0 saturated carbocycles.